The third-order valence-electron chi connectivity index (χ3n) is 1.58. The summed E-state index contributed by atoms with van der Waals surface area (Å²) >= 11 is 2.51. The maximum Gasteiger partial charge on any atom is 0.0183 e. The summed E-state index contributed by atoms with van der Waals surface area (Å²) in [6, 6.07) is 0. The monoisotopic (exact) mass is 297 g/mol. The van der Waals surface area contributed by atoms with Crippen LogP contribution in [0.1, 0.15) is 54.9 Å². The van der Waals surface area contributed by atoms with Crippen LogP contribution < -0.4 is 5.32 Å². The van der Waals surface area contributed by atoms with Crippen LogP contribution in [-0.2, 0) is 0 Å². The second-order valence-corrected chi connectivity index (χ2v) is 9.07. The summed E-state index contributed by atoms with van der Waals surface area (Å²) < 4.78 is 0.361. The molecule has 1 nitrogen and oxygen atoms in total. The molecule has 0 radical (unpaired) electrons. The van der Waals surface area contributed by atoms with Crippen molar-refractivity contribution in [3.8, 4) is 0 Å². The Morgan fingerprint density at radius 2 is 1.31 bits per heavy atom. The summed E-state index contributed by atoms with van der Waals surface area (Å²) in [5.74, 6) is 0. The van der Waals surface area contributed by atoms with Crippen LogP contribution in [0.15, 0.2) is 0 Å². The van der Waals surface area contributed by atoms with Crippen LogP contribution in [0.4, 0.5) is 0 Å². The Balaban J connectivity index is 4.25. The first-order chi connectivity index (χ1) is 5.41. The van der Waals surface area contributed by atoms with Crippen molar-refractivity contribution in [2.75, 3.05) is 0 Å². The summed E-state index contributed by atoms with van der Waals surface area (Å²) in [6.07, 6.45) is 1.18. The van der Waals surface area contributed by atoms with Gasteiger partial charge in [-0.15, -0.1) is 0 Å². The van der Waals surface area contributed by atoms with Gasteiger partial charge in [-0.05, 0) is 41.0 Å². The molecule has 0 saturated heterocycles. The third-order valence-corrected chi connectivity index (χ3v) is 1.96. The lowest BCUT2D eigenvalue weighted by atomic mass is 9.90. The normalized spacial score (nSPS) is 14.8. The minimum atomic E-state index is 0.200. The van der Waals surface area contributed by atoms with E-state index in [4.69, 9.17) is 0 Å². The molecule has 1 N–H and O–H groups in total. The van der Waals surface area contributed by atoms with Crippen molar-refractivity contribution >= 4 is 22.6 Å². The molecule has 0 aromatic heterocycles. The quantitative estimate of drug-likeness (QED) is 0.618. The molecule has 0 saturated carbocycles. The van der Waals surface area contributed by atoms with Crippen LogP contribution in [0.2, 0.25) is 0 Å². The second kappa shape index (κ2) is 4.05. The van der Waals surface area contributed by atoms with Gasteiger partial charge in [0, 0.05) is 14.5 Å². The van der Waals surface area contributed by atoms with E-state index < -0.39 is 0 Å². The predicted molar refractivity (Wildman–Crippen MR) is 69.7 cm³/mol. The fraction of sp³-hybridized carbons (Fsp3) is 1.00. The lowest BCUT2D eigenvalue weighted by Gasteiger charge is -2.38. The Kier molecular flexibility index (Phi) is 4.27. The molecule has 0 fully saturated rings. The van der Waals surface area contributed by atoms with Gasteiger partial charge < -0.3 is 5.32 Å². The van der Waals surface area contributed by atoms with Gasteiger partial charge in [0.15, 0.2) is 0 Å². The zero-order valence-corrected chi connectivity index (χ0v) is 12.2. The molecule has 0 aromatic rings. The van der Waals surface area contributed by atoms with E-state index in [0.29, 0.717) is 3.42 Å². The van der Waals surface area contributed by atoms with Crippen molar-refractivity contribution in [1.82, 2.24) is 5.32 Å². The summed E-state index contributed by atoms with van der Waals surface area (Å²) in [5, 5.41) is 3.65. The maximum absolute atomic E-state index is 3.65. The molecule has 0 rings (SSSR count). The molecule has 0 aromatic carbocycles. The van der Waals surface area contributed by atoms with Crippen LogP contribution in [0.25, 0.3) is 0 Å². The fourth-order valence-electron chi connectivity index (χ4n) is 2.11. The zero-order valence-electron chi connectivity index (χ0n) is 10.1. The van der Waals surface area contributed by atoms with E-state index in [9.17, 15) is 0 Å². The van der Waals surface area contributed by atoms with Crippen LogP contribution in [0.5, 0.6) is 0 Å². The standard InChI is InChI=1S/C11H24IN/c1-9(2,3)13-11(6,7)8-10(4,5)12/h13H,8H2,1-7H3. The topological polar surface area (TPSA) is 12.0 Å². The molecule has 0 aliphatic rings. The lowest BCUT2D eigenvalue weighted by Crippen LogP contribution is -2.52. The van der Waals surface area contributed by atoms with Gasteiger partial charge >= 0.3 is 0 Å². The van der Waals surface area contributed by atoms with E-state index in [1.54, 1.807) is 0 Å². The van der Waals surface area contributed by atoms with Gasteiger partial charge in [0.1, 0.15) is 0 Å². The molecule has 0 aliphatic carbocycles. The van der Waals surface area contributed by atoms with Crippen LogP contribution in [0, 0.1) is 0 Å². The molecule has 0 unspecified atom stereocenters. The SMILES string of the molecule is CC(C)(I)CC(C)(C)NC(C)(C)C. The summed E-state index contributed by atoms with van der Waals surface area (Å²) in [4.78, 5) is 0. The molecule has 0 bridgehead atoms. The highest BCUT2D eigenvalue weighted by atomic mass is 127. The van der Waals surface area contributed by atoms with E-state index in [-0.39, 0.29) is 11.1 Å². The first-order valence-electron chi connectivity index (χ1n) is 4.90. The first-order valence-corrected chi connectivity index (χ1v) is 5.97. The molecule has 80 valence electrons. The average molecular weight is 297 g/mol. The molecule has 13 heavy (non-hydrogen) atoms. The Morgan fingerprint density at radius 3 is 1.54 bits per heavy atom. The van der Waals surface area contributed by atoms with E-state index >= 15 is 0 Å². The van der Waals surface area contributed by atoms with Gasteiger partial charge in [-0.1, -0.05) is 36.4 Å². The van der Waals surface area contributed by atoms with Crippen LogP contribution >= 0.6 is 22.6 Å². The Bertz CT molecular complexity index is 142. The smallest absolute Gasteiger partial charge is 0.0183 e. The number of halogens is 1. The van der Waals surface area contributed by atoms with Crippen LogP contribution in [-0.4, -0.2) is 14.5 Å². The second-order valence-electron chi connectivity index (χ2n) is 6.15. The first kappa shape index (κ1) is 13.7. The number of rotatable bonds is 3. The van der Waals surface area contributed by atoms with Crippen molar-refractivity contribution in [3.63, 3.8) is 0 Å². The number of hydrogen-bond donors (Lipinski definition) is 1. The molecule has 0 atom stereocenters. The van der Waals surface area contributed by atoms with Crippen molar-refractivity contribution in [2.45, 2.75) is 69.4 Å². The fourth-order valence-corrected chi connectivity index (χ4v) is 3.06. The van der Waals surface area contributed by atoms with Crippen molar-refractivity contribution in [2.24, 2.45) is 0 Å². The predicted octanol–water partition coefficient (Wildman–Crippen LogP) is 3.76. The Hall–Kier alpha value is 0.690. The molecule has 0 aliphatic heterocycles. The summed E-state index contributed by atoms with van der Waals surface area (Å²) in [7, 11) is 0. The van der Waals surface area contributed by atoms with E-state index in [0.717, 1.165) is 0 Å². The molecule has 0 heterocycles. The summed E-state index contributed by atoms with van der Waals surface area (Å²) in [5.41, 5.74) is 0.411. The third kappa shape index (κ3) is 9.01. The number of alkyl halides is 1. The van der Waals surface area contributed by atoms with Gasteiger partial charge in [0.2, 0.25) is 0 Å². The minimum absolute atomic E-state index is 0.200. The van der Waals surface area contributed by atoms with E-state index in [2.05, 4.69) is 76.4 Å². The average Bonchev–Trinajstić information content (AvgIpc) is 1.43. The molecular weight excluding hydrogens is 273 g/mol. The highest BCUT2D eigenvalue weighted by molar-refractivity contribution is 14.1. The van der Waals surface area contributed by atoms with Crippen molar-refractivity contribution in [3.05, 3.63) is 0 Å². The molecule has 0 amide bonds. The molecule has 2 heteroatoms. The largest absolute Gasteiger partial charge is 0.307 e. The van der Waals surface area contributed by atoms with Crippen molar-refractivity contribution in [1.29, 1.82) is 0 Å². The van der Waals surface area contributed by atoms with Crippen molar-refractivity contribution < 1.29 is 0 Å². The maximum atomic E-state index is 3.65. The van der Waals surface area contributed by atoms with Crippen LogP contribution in [0.3, 0.4) is 0 Å². The summed E-state index contributed by atoms with van der Waals surface area (Å²) in [6.45, 7) is 15.8. The van der Waals surface area contributed by atoms with Gasteiger partial charge in [-0.2, -0.15) is 0 Å². The van der Waals surface area contributed by atoms with Gasteiger partial charge in [-0.25, -0.2) is 0 Å². The minimum Gasteiger partial charge on any atom is -0.307 e. The number of nitrogens with one attached hydrogen (secondary N) is 1. The highest BCUT2D eigenvalue weighted by Gasteiger charge is 2.29. The zero-order chi connectivity index (χ0) is 10.9. The molecule has 0 spiro atoms. The Morgan fingerprint density at radius 1 is 0.923 bits per heavy atom. The molecular formula is C11H24IN. The highest BCUT2D eigenvalue weighted by Crippen LogP contribution is 2.29. The van der Waals surface area contributed by atoms with Gasteiger partial charge in [0.05, 0.1) is 0 Å². The Labute approximate surface area is 97.2 Å². The van der Waals surface area contributed by atoms with Gasteiger partial charge in [-0.3, -0.25) is 0 Å². The van der Waals surface area contributed by atoms with Gasteiger partial charge in [0.25, 0.3) is 0 Å². The van der Waals surface area contributed by atoms with E-state index in [1.165, 1.54) is 6.42 Å². The van der Waals surface area contributed by atoms with E-state index in [1.807, 2.05) is 0 Å². The number of hydrogen-bond acceptors (Lipinski definition) is 1. The lowest BCUT2D eigenvalue weighted by molar-refractivity contribution is 0.256.